The summed E-state index contributed by atoms with van der Waals surface area (Å²) in [6, 6.07) is 5.88. The van der Waals surface area contributed by atoms with Crippen LogP contribution in [0.3, 0.4) is 0 Å². The van der Waals surface area contributed by atoms with Gasteiger partial charge in [-0.1, -0.05) is 11.6 Å². The summed E-state index contributed by atoms with van der Waals surface area (Å²) >= 11 is 6.08. The molecule has 1 aliphatic heterocycles. The van der Waals surface area contributed by atoms with Crippen LogP contribution in [0.1, 0.15) is 16.1 Å². The Hall–Kier alpha value is -2.54. The Kier molecular flexibility index (Phi) is 3.26. The summed E-state index contributed by atoms with van der Waals surface area (Å²) in [5.74, 6) is 0.288. The van der Waals surface area contributed by atoms with Crippen molar-refractivity contribution in [1.29, 1.82) is 0 Å². The zero-order chi connectivity index (χ0) is 15.0. The van der Waals surface area contributed by atoms with Gasteiger partial charge in [-0.2, -0.15) is 5.10 Å². The van der Waals surface area contributed by atoms with Crippen LogP contribution < -0.4 is 20.8 Å². The van der Waals surface area contributed by atoms with Crippen LogP contribution >= 0.6 is 11.6 Å². The molecule has 0 unspecified atom stereocenters. The number of carbonyl (C=O) groups is 1. The highest BCUT2D eigenvalue weighted by molar-refractivity contribution is 6.32. The highest BCUT2D eigenvalue weighted by Crippen LogP contribution is 2.39. The molecule has 1 aromatic heterocycles. The van der Waals surface area contributed by atoms with Crippen LogP contribution in [0.5, 0.6) is 11.5 Å². The van der Waals surface area contributed by atoms with E-state index >= 15 is 0 Å². The van der Waals surface area contributed by atoms with Gasteiger partial charge in [-0.15, -0.1) is 0 Å². The molecule has 3 rings (SSSR count). The van der Waals surface area contributed by atoms with Gasteiger partial charge in [0, 0.05) is 6.07 Å². The lowest BCUT2D eigenvalue weighted by Gasteiger charge is -2.07. The minimum Gasteiger partial charge on any atom is -0.454 e. The molecule has 8 heteroatoms. The molecule has 2 aromatic rings. The van der Waals surface area contributed by atoms with Gasteiger partial charge in [0.25, 0.3) is 11.5 Å². The van der Waals surface area contributed by atoms with Gasteiger partial charge in [-0.3, -0.25) is 9.59 Å². The summed E-state index contributed by atoms with van der Waals surface area (Å²) < 4.78 is 11.6. The van der Waals surface area contributed by atoms with Crippen molar-refractivity contribution in [3.63, 3.8) is 0 Å². The lowest BCUT2D eigenvalue weighted by atomic mass is 10.2. The average molecular weight is 308 g/mol. The second-order valence-electron chi connectivity index (χ2n) is 4.39. The third-order valence-corrected chi connectivity index (χ3v) is 3.22. The van der Waals surface area contributed by atoms with Gasteiger partial charge >= 0.3 is 0 Å². The molecule has 21 heavy (non-hydrogen) atoms. The molecule has 0 spiro atoms. The Morgan fingerprint density at radius 3 is 2.95 bits per heavy atom. The maximum Gasteiger partial charge on any atom is 0.269 e. The number of fused-ring (bicyclic) bond motifs is 1. The third kappa shape index (κ3) is 2.55. The number of benzene rings is 1. The van der Waals surface area contributed by atoms with Crippen molar-refractivity contribution in [2.75, 3.05) is 6.79 Å². The number of primary amides is 1. The highest BCUT2D eigenvalue weighted by atomic mass is 35.5. The number of amides is 1. The first-order valence-electron chi connectivity index (χ1n) is 6.00. The van der Waals surface area contributed by atoms with E-state index in [0.29, 0.717) is 22.1 Å². The fourth-order valence-electron chi connectivity index (χ4n) is 1.98. The quantitative estimate of drug-likeness (QED) is 0.903. The van der Waals surface area contributed by atoms with E-state index in [1.54, 1.807) is 12.1 Å². The molecule has 0 saturated carbocycles. The number of ether oxygens (including phenoxy) is 2. The van der Waals surface area contributed by atoms with Crippen LogP contribution in [0, 0.1) is 0 Å². The van der Waals surface area contributed by atoms with Gasteiger partial charge in [-0.05, 0) is 23.8 Å². The first kappa shape index (κ1) is 13.4. The number of hydrogen-bond donors (Lipinski definition) is 1. The molecule has 2 N–H and O–H groups in total. The molecule has 1 aromatic carbocycles. The zero-order valence-corrected chi connectivity index (χ0v) is 11.5. The standard InChI is InChI=1S/C13H10ClN3O4/c14-8-3-7(4-10-12(8)21-6-20-10)5-17-11(18)2-1-9(16-17)13(15)19/h1-4H,5-6H2,(H2,15,19). The summed E-state index contributed by atoms with van der Waals surface area (Å²) in [6.07, 6.45) is 0. The lowest BCUT2D eigenvalue weighted by molar-refractivity contribution is 0.0993. The Balaban J connectivity index is 1.97. The highest BCUT2D eigenvalue weighted by Gasteiger charge is 2.18. The van der Waals surface area contributed by atoms with Crippen molar-refractivity contribution in [2.24, 2.45) is 5.73 Å². The largest absolute Gasteiger partial charge is 0.454 e. The molecule has 0 bridgehead atoms. The monoisotopic (exact) mass is 307 g/mol. The minimum absolute atomic E-state index is 0.0152. The Morgan fingerprint density at radius 1 is 1.38 bits per heavy atom. The van der Waals surface area contributed by atoms with Crippen molar-refractivity contribution in [2.45, 2.75) is 6.54 Å². The maximum atomic E-state index is 11.8. The van der Waals surface area contributed by atoms with Crippen molar-refractivity contribution in [1.82, 2.24) is 9.78 Å². The Morgan fingerprint density at radius 2 is 2.19 bits per heavy atom. The van der Waals surface area contributed by atoms with Crippen LogP contribution in [0.2, 0.25) is 5.02 Å². The van der Waals surface area contributed by atoms with Gasteiger partial charge in [-0.25, -0.2) is 4.68 Å². The Bertz CT molecular complexity index is 787. The summed E-state index contributed by atoms with van der Waals surface area (Å²) in [5, 5.41) is 4.29. The van der Waals surface area contributed by atoms with E-state index in [-0.39, 0.29) is 24.6 Å². The SMILES string of the molecule is NC(=O)c1ccc(=O)n(Cc2cc(Cl)c3c(c2)OCO3)n1. The number of halogens is 1. The number of carbonyl (C=O) groups excluding carboxylic acids is 1. The first-order chi connectivity index (χ1) is 10.0. The van der Waals surface area contributed by atoms with Gasteiger partial charge in [0.15, 0.2) is 11.5 Å². The van der Waals surface area contributed by atoms with Crippen molar-refractivity contribution >= 4 is 17.5 Å². The van der Waals surface area contributed by atoms with E-state index in [4.69, 9.17) is 26.8 Å². The summed E-state index contributed by atoms with van der Waals surface area (Å²) in [7, 11) is 0. The molecule has 108 valence electrons. The second-order valence-corrected chi connectivity index (χ2v) is 4.80. The van der Waals surface area contributed by atoms with Crippen LogP contribution in [0.25, 0.3) is 0 Å². The fraction of sp³-hybridized carbons (Fsp3) is 0.154. The molecule has 7 nitrogen and oxygen atoms in total. The summed E-state index contributed by atoms with van der Waals surface area (Å²) in [6.45, 7) is 0.240. The van der Waals surface area contributed by atoms with Gasteiger partial charge in [0.1, 0.15) is 5.69 Å². The summed E-state index contributed by atoms with van der Waals surface area (Å²) in [5.41, 5.74) is 5.51. The van der Waals surface area contributed by atoms with Gasteiger partial charge in [0.2, 0.25) is 6.79 Å². The van der Waals surface area contributed by atoms with Crippen LogP contribution in [-0.2, 0) is 6.54 Å². The number of hydrogen-bond acceptors (Lipinski definition) is 5. The number of nitrogens with zero attached hydrogens (tertiary/aromatic N) is 2. The molecule has 0 radical (unpaired) electrons. The van der Waals surface area contributed by atoms with E-state index in [2.05, 4.69) is 5.10 Å². The van der Waals surface area contributed by atoms with E-state index in [1.807, 2.05) is 0 Å². The number of nitrogens with two attached hydrogens (primary N) is 1. The molecule has 1 amide bonds. The topological polar surface area (TPSA) is 96.4 Å². The minimum atomic E-state index is -0.701. The second kappa shape index (κ2) is 5.10. The van der Waals surface area contributed by atoms with Gasteiger partial charge < -0.3 is 15.2 Å². The smallest absolute Gasteiger partial charge is 0.269 e. The summed E-state index contributed by atoms with van der Waals surface area (Å²) in [4.78, 5) is 22.9. The van der Waals surface area contributed by atoms with E-state index in [0.717, 1.165) is 4.68 Å². The molecule has 0 saturated heterocycles. The molecular formula is C13H10ClN3O4. The first-order valence-corrected chi connectivity index (χ1v) is 6.38. The van der Waals surface area contributed by atoms with E-state index < -0.39 is 5.91 Å². The van der Waals surface area contributed by atoms with E-state index in [9.17, 15) is 9.59 Å². The van der Waals surface area contributed by atoms with Crippen molar-refractivity contribution in [3.8, 4) is 11.5 Å². The normalized spacial score (nSPS) is 12.4. The molecule has 1 aliphatic rings. The predicted molar refractivity (Wildman–Crippen MR) is 73.7 cm³/mol. The van der Waals surface area contributed by atoms with Crippen molar-refractivity contribution < 1.29 is 14.3 Å². The lowest BCUT2D eigenvalue weighted by Crippen LogP contribution is -2.26. The fourth-order valence-corrected chi connectivity index (χ4v) is 2.27. The average Bonchev–Trinajstić information content (AvgIpc) is 2.90. The zero-order valence-electron chi connectivity index (χ0n) is 10.7. The van der Waals surface area contributed by atoms with Crippen LogP contribution in [-0.4, -0.2) is 22.5 Å². The third-order valence-electron chi connectivity index (χ3n) is 2.94. The molecule has 2 heterocycles. The maximum absolute atomic E-state index is 11.8. The predicted octanol–water partition coefficient (Wildman–Crippen LogP) is 0.773. The molecule has 0 aliphatic carbocycles. The van der Waals surface area contributed by atoms with Gasteiger partial charge in [0.05, 0.1) is 11.6 Å². The van der Waals surface area contributed by atoms with E-state index in [1.165, 1.54) is 12.1 Å². The number of rotatable bonds is 3. The molecule has 0 fully saturated rings. The number of aromatic nitrogens is 2. The Labute approximate surface area is 123 Å². The molecule has 0 atom stereocenters. The van der Waals surface area contributed by atoms with Crippen LogP contribution in [0.4, 0.5) is 0 Å². The van der Waals surface area contributed by atoms with Crippen molar-refractivity contribution in [3.05, 3.63) is 50.9 Å². The van der Waals surface area contributed by atoms with Crippen LogP contribution in [0.15, 0.2) is 29.1 Å². The molecular weight excluding hydrogens is 298 g/mol.